The third-order valence-electron chi connectivity index (χ3n) is 4.43. The first kappa shape index (κ1) is 15.6. The molecule has 23 heavy (non-hydrogen) atoms. The molecular formula is C16H20N2O5. The normalized spacial score (nSPS) is 19.7. The molecule has 0 radical (unpaired) electrons. The maximum Gasteiger partial charge on any atom is 0.410 e. The van der Waals surface area contributed by atoms with Crippen LogP contribution in [0.2, 0.25) is 0 Å². The second-order valence-electron chi connectivity index (χ2n) is 6.00. The summed E-state index contributed by atoms with van der Waals surface area (Å²) in [6.45, 7) is 2.64. The van der Waals surface area contributed by atoms with Crippen LogP contribution in [-0.2, 0) is 11.3 Å². The number of carboxylic acid groups (broad SMARTS) is 1. The Bertz CT molecular complexity index is 625. The van der Waals surface area contributed by atoms with Gasteiger partial charge in [0.2, 0.25) is 0 Å². The summed E-state index contributed by atoms with van der Waals surface area (Å²) in [7, 11) is 1.43. The third kappa shape index (κ3) is 3.10. The van der Waals surface area contributed by atoms with E-state index < -0.39 is 5.97 Å². The summed E-state index contributed by atoms with van der Waals surface area (Å²) in [5.74, 6) is -0.748. The molecule has 0 aliphatic carbocycles. The molecule has 2 saturated heterocycles. The second-order valence-corrected chi connectivity index (χ2v) is 6.00. The second kappa shape index (κ2) is 6.08. The van der Waals surface area contributed by atoms with Gasteiger partial charge in [0.15, 0.2) is 0 Å². The van der Waals surface area contributed by atoms with Crippen LogP contribution in [0.5, 0.6) is 5.75 Å². The molecule has 1 spiro atoms. The molecule has 2 N–H and O–H groups in total. The molecule has 2 aliphatic rings. The molecule has 0 bridgehead atoms. The van der Waals surface area contributed by atoms with Gasteiger partial charge in [0.05, 0.1) is 13.7 Å². The van der Waals surface area contributed by atoms with Gasteiger partial charge < -0.3 is 19.9 Å². The van der Waals surface area contributed by atoms with Crippen LogP contribution < -0.4 is 10.1 Å². The number of hydrogen-bond donors (Lipinski definition) is 2. The molecule has 1 aromatic carbocycles. The van der Waals surface area contributed by atoms with Gasteiger partial charge in [0.25, 0.3) is 0 Å². The van der Waals surface area contributed by atoms with E-state index in [0.29, 0.717) is 18.8 Å². The number of amides is 1. The Balaban J connectivity index is 1.74. The molecule has 1 amide bonds. The molecule has 0 unspecified atom stereocenters. The van der Waals surface area contributed by atoms with Gasteiger partial charge in [-0.3, -0.25) is 4.90 Å². The molecule has 2 heterocycles. The van der Waals surface area contributed by atoms with E-state index in [2.05, 4.69) is 5.32 Å². The van der Waals surface area contributed by atoms with E-state index in [1.807, 2.05) is 0 Å². The Morgan fingerprint density at radius 1 is 1.43 bits per heavy atom. The number of piperidine rings is 1. The highest BCUT2D eigenvalue weighted by atomic mass is 16.6. The minimum Gasteiger partial charge on any atom is -0.496 e. The molecule has 0 saturated carbocycles. The van der Waals surface area contributed by atoms with Crippen LogP contribution in [0.25, 0.3) is 0 Å². The SMILES string of the molecule is COc1cc(CN2CC3(CCNCC3)OC2=O)ccc1C(=O)O. The lowest BCUT2D eigenvalue weighted by atomic mass is 9.92. The molecule has 124 valence electrons. The van der Waals surface area contributed by atoms with Gasteiger partial charge >= 0.3 is 12.1 Å². The minimum absolute atomic E-state index is 0.107. The number of hydrogen-bond acceptors (Lipinski definition) is 5. The molecule has 2 fully saturated rings. The predicted molar refractivity (Wildman–Crippen MR) is 81.7 cm³/mol. The minimum atomic E-state index is -1.04. The van der Waals surface area contributed by atoms with E-state index in [1.54, 1.807) is 17.0 Å². The molecule has 2 aliphatic heterocycles. The van der Waals surface area contributed by atoms with Crippen LogP contribution in [0.15, 0.2) is 18.2 Å². The summed E-state index contributed by atoms with van der Waals surface area (Å²) in [5, 5.41) is 12.4. The topological polar surface area (TPSA) is 88.1 Å². The van der Waals surface area contributed by atoms with Gasteiger partial charge in [0.1, 0.15) is 16.9 Å². The van der Waals surface area contributed by atoms with Crippen molar-refractivity contribution in [2.45, 2.75) is 25.0 Å². The monoisotopic (exact) mass is 320 g/mol. The lowest BCUT2D eigenvalue weighted by Gasteiger charge is -2.31. The van der Waals surface area contributed by atoms with Crippen LogP contribution in [-0.4, -0.2) is 54.4 Å². The molecule has 3 rings (SSSR count). The van der Waals surface area contributed by atoms with Crippen molar-refractivity contribution in [3.8, 4) is 5.75 Å². The Hall–Kier alpha value is -2.28. The van der Waals surface area contributed by atoms with Gasteiger partial charge in [-0.1, -0.05) is 6.07 Å². The van der Waals surface area contributed by atoms with E-state index in [-0.39, 0.29) is 17.3 Å². The Labute approximate surface area is 134 Å². The number of carbonyl (C=O) groups excluding carboxylic acids is 1. The van der Waals surface area contributed by atoms with Crippen molar-refractivity contribution in [1.29, 1.82) is 0 Å². The quantitative estimate of drug-likeness (QED) is 0.873. The number of methoxy groups -OCH3 is 1. The number of ether oxygens (including phenoxy) is 2. The Morgan fingerprint density at radius 3 is 2.83 bits per heavy atom. The van der Waals surface area contributed by atoms with E-state index in [0.717, 1.165) is 31.5 Å². The van der Waals surface area contributed by atoms with Crippen LogP contribution in [0, 0.1) is 0 Å². The standard InChI is InChI=1S/C16H20N2O5/c1-22-13-8-11(2-3-12(13)14(19)20)9-18-10-16(23-15(18)21)4-6-17-7-5-16/h2-3,8,17H,4-7,9-10H2,1H3,(H,19,20). The van der Waals surface area contributed by atoms with Gasteiger partial charge in [-0.15, -0.1) is 0 Å². The molecule has 0 atom stereocenters. The molecule has 7 nitrogen and oxygen atoms in total. The maximum absolute atomic E-state index is 12.1. The van der Waals surface area contributed by atoms with Gasteiger partial charge in [0, 0.05) is 19.4 Å². The van der Waals surface area contributed by atoms with E-state index >= 15 is 0 Å². The van der Waals surface area contributed by atoms with Crippen molar-refractivity contribution in [3.05, 3.63) is 29.3 Å². The first-order valence-electron chi connectivity index (χ1n) is 7.62. The van der Waals surface area contributed by atoms with Gasteiger partial charge in [-0.2, -0.15) is 0 Å². The smallest absolute Gasteiger partial charge is 0.410 e. The summed E-state index contributed by atoms with van der Waals surface area (Å²) in [5.41, 5.74) is 0.540. The fourth-order valence-electron chi connectivity index (χ4n) is 3.19. The highest BCUT2D eigenvalue weighted by molar-refractivity contribution is 5.91. The zero-order chi connectivity index (χ0) is 16.4. The summed E-state index contributed by atoms with van der Waals surface area (Å²) < 4.78 is 10.7. The molecule has 0 aromatic heterocycles. The molecule has 7 heteroatoms. The number of carbonyl (C=O) groups is 2. The zero-order valence-corrected chi connectivity index (χ0v) is 13.0. The van der Waals surface area contributed by atoms with E-state index in [4.69, 9.17) is 14.6 Å². The molecular weight excluding hydrogens is 300 g/mol. The van der Waals surface area contributed by atoms with Crippen molar-refractivity contribution < 1.29 is 24.2 Å². The zero-order valence-electron chi connectivity index (χ0n) is 13.0. The van der Waals surface area contributed by atoms with Gasteiger partial charge in [-0.25, -0.2) is 9.59 Å². The average molecular weight is 320 g/mol. The lowest BCUT2D eigenvalue weighted by Crippen LogP contribution is -2.44. The summed E-state index contributed by atoms with van der Waals surface area (Å²) in [4.78, 5) is 24.9. The van der Waals surface area contributed by atoms with Crippen molar-refractivity contribution in [2.24, 2.45) is 0 Å². The number of aromatic carboxylic acids is 1. The fourth-order valence-corrected chi connectivity index (χ4v) is 3.19. The summed E-state index contributed by atoms with van der Waals surface area (Å²) >= 11 is 0. The highest BCUT2D eigenvalue weighted by Gasteiger charge is 2.45. The first-order valence-corrected chi connectivity index (χ1v) is 7.62. The fraction of sp³-hybridized carbons (Fsp3) is 0.500. The number of carboxylic acids is 1. The summed E-state index contributed by atoms with van der Waals surface area (Å²) in [6, 6.07) is 4.86. The average Bonchev–Trinajstić information content (AvgIpc) is 2.82. The van der Waals surface area contributed by atoms with Crippen molar-refractivity contribution in [1.82, 2.24) is 10.2 Å². The van der Waals surface area contributed by atoms with Crippen LogP contribution >= 0.6 is 0 Å². The lowest BCUT2D eigenvalue weighted by molar-refractivity contribution is 0.0316. The Morgan fingerprint density at radius 2 is 2.17 bits per heavy atom. The van der Waals surface area contributed by atoms with Gasteiger partial charge in [-0.05, 0) is 30.8 Å². The molecule has 1 aromatic rings. The van der Waals surface area contributed by atoms with Crippen molar-refractivity contribution in [3.63, 3.8) is 0 Å². The Kier molecular flexibility index (Phi) is 4.12. The van der Waals surface area contributed by atoms with E-state index in [1.165, 1.54) is 13.2 Å². The van der Waals surface area contributed by atoms with E-state index in [9.17, 15) is 9.59 Å². The van der Waals surface area contributed by atoms with Crippen molar-refractivity contribution >= 4 is 12.1 Å². The number of nitrogens with zero attached hydrogens (tertiary/aromatic N) is 1. The first-order chi connectivity index (χ1) is 11.0. The van der Waals surface area contributed by atoms with Crippen LogP contribution in [0.4, 0.5) is 4.79 Å². The number of nitrogens with one attached hydrogen (secondary N) is 1. The van der Waals surface area contributed by atoms with Crippen LogP contribution in [0.3, 0.4) is 0 Å². The maximum atomic E-state index is 12.1. The predicted octanol–water partition coefficient (Wildman–Crippen LogP) is 1.47. The van der Waals surface area contributed by atoms with Crippen molar-refractivity contribution in [2.75, 3.05) is 26.7 Å². The largest absolute Gasteiger partial charge is 0.496 e. The highest BCUT2D eigenvalue weighted by Crippen LogP contribution is 2.32. The third-order valence-corrected chi connectivity index (χ3v) is 4.43. The summed E-state index contributed by atoms with van der Waals surface area (Å²) in [6.07, 6.45) is 1.32. The number of rotatable bonds is 4. The van der Waals surface area contributed by atoms with Crippen LogP contribution in [0.1, 0.15) is 28.8 Å². The number of benzene rings is 1.